The second-order valence-corrected chi connectivity index (χ2v) is 4.54. The van der Waals surface area contributed by atoms with Crippen molar-refractivity contribution in [2.24, 2.45) is 0 Å². The summed E-state index contributed by atoms with van der Waals surface area (Å²) in [6, 6.07) is 9.36. The molecule has 0 N–H and O–H groups in total. The third-order valence-corrected chi connectivity index (χ3v) is 2.21. The Morgan fingerprint density at radius 1 is 1.40 bits per heavy atom. The molecule has 0 bridgehead atoms. The van der Waals surface area contributed by atoms with Crippen LogP contribution in [0.2, 0.25) is 0 Å². The van der Waals surface area contributed by atoms with E-state index in [4.69, 9.17) is 21.6 Å². The monoisotopic (exact) mass is 239 g/mol. The minimum Gasteiger partial charge on any atom is -0.436 e. The van der Waals surface area contributed by atoms with E-state index in [1.165, 1.54) is 0 Å². The van der Waals surface area contributed by atoms with Gasteiger partial charge in [0.15, 0.2) is 0 Å². The number of benzene rings is 1. The van der Waals surface area contributed by atoms with E-state index in [9.17, 15) is 0 Å². The molecule has 78 valence electrons. The highest BCUT2D eigenvalue weighted by Gasteiger charge is 2.19. The van der Waals surface area contributed by atoms with E-state index < -0.39 is 5.41 Å². The largest absolute Gasteiger partial charge is 0.436 e. The first-order valence-electron chi connectivity index (χ1n) is 4.35. The number of nitriles is 1. The standard InChI is InChI=1S/C11H10ClNOS/c1-11(2,7-13)8-3-5-9(6-4-8)14-10(12)15/h3-6H,1-2H3. The van der Waals surface area contributed by atoms with Crippen molar-refractivity contribution < 1.29 is 4.74 Å². The van der Waals surface area contributed by atoms with E-state index in [1.807, 2.05) is 26.0 Å². The quantitative estimate of drug-likeness (QED) is 0.586. The van der Waals surface area contributed by atoms with Crippen molar-refractivity contribution in [3.63, 3.8) is 0 Å². The van der Waals surface area contributed by atoms with Crippen LogP contribution in [0.1, 0.15) is 19.4 Å². The molecule has 0 aliphatic carbocycles. The van der Waals surface area contributed by atoms with Gasteiger partial charge in [-0.15, -0.1) is 0 Å². The van der Waals surface area contributed by atoms with Crippen LogP contribution in [-0.4, -0.2) is 4.51 Å². The summed E-state index contributed by atoms with van der Waals surface area (Å²) in [5, 5.41) is 8.94. The molecular formula is C11H10ClNOS. The average Bonchev–Trinajstić information content (AvgIpc) is 2.18. The maximum atomic E-state index is 8.94. The number of halogens is 1. The Balaban J connectivity index is 2.91. The van der Waals surface area contributed by atoms with Gasteiger partial charge in [0.2, 0.25) is 0 Å². The fourth-order valence-electron chi connectivity index (χ4n) is 1.10. The van der Waals surface area contributed by atoms with Crippen molar-refractivity contribution in [3.05, 3.63) is 29.8 Å². The molecule has 0 aliphatic rings. The Kier molecular flexibility index (Phi) is 3.67. The van der Waals surface area contributed by atoms with Crippen molar-refractivity contribution in [1.29, 1.82) is 5.26 Å². The molecule has 1 aromatic rings. The minimum atomic E-state index is -0.500. The molecular weight excluding hydrogens is 230 g/mol. The average molecular weight is 240 g/mol. The molecule has 0 heterocycles. The first-order valence-corrected chi connectivity index (χ1v) is 5.13. The van der Waals surface area contributed by atoms with Crippen LogP contribution < -0.4 is 4.74 Å². The number of ether oxygens (including phenoxy) is 1. The molecule has 0 amide bonds. The molecule has 2 nitrogen and oxygen atoms in total. The maximum absolute atomic E-state index is 8.94. The lowest BCUT2D eigenvalue weighted by Gasteiger charge is -2.15. The highest BCUT2D eigenvalue weighted by Crippen LogP contribution is 2.24. The van der Waals surface area contributed by atoms with Crippen molar-refractivity contribution in [2.75, 3.05) is 0 Å². The lowest BCUT2D eigenvalue weighted by atomic mass is 9.86. The van der Waals surface area contributed by atoms with Gasteiger partial charge in [-0.1, -0.05) is 12.1 Å². The van der Waals surface area contributed by atoms with Gasteiger partial charge < -0.3 is 4.74 Å². The first-order chi connectivity index (χ1) is 6.95. The zero-order chi connectivity index (χ0) is 11.5. The highest BCUT2D eigenvalue weighted by molar-refractivity contribution is 7.82. The van der Waals surface area contributed by atoms with E-state index in [-0.39, 0.29) is 4.51 Å². The van der Waals surface area contributed by atoms with Crippen LogP contribution >= 0.6 is 23.8 Å². The molecule has 0 fully saturated rings. The van der Waals surface area contributed by atoms with E-state index in [1.54, 1.807) is 12.1 Å². The molecule has 0 atom stereocenters. The zero-order valence-corrected chi connectivity index (χ0v) is 10.0. The number of hydrogen-bond acceptors (Lipinski definition) is 3. The lowest BCUT2D eigenvalue weighted by molar-refractivity contribution is 0.576. The predicted octanol–water partition coefficient (Wildman–Crippen LogP) is 3.39. The highest BCUT2D eigenvalue weighted by atomic mass is 35.5. The van der Waals surface area contributed by atoms with Crippen molar-refractivity contribution in [3.8, 4) is 11.8 Å². The van der Waals surface area contributed by atoms with Crippen LogP contribution in [0.5, 0.6) is 5.75 Å². The minimum absolute atomic E-state index is 0.0395. The van der Waals surface area contributed by atoms with E-state index in [0.717, 1.165) is 5.56 Å². The van der Waals surface area contributed by atoms with E-state index >= 15 is 0 Å². The summed E-state index contributed by atoms with van der Waals surface area (Å²) < 4.78 is 4.99. The van der Waals surface area contributed by atoms with Crippen molar-refractivity contribution >= 4 is 28.3 Å². The topological polar surface area (TPSA) is 33.0 Å². The number of thiocarbonyl (C=S) groups is 1. The Morgan fingerprint density at radius 3 is 2.33 bits per heavy atom. The number of hydrogen-bond donors (Lipinski definition) is 0. The van der Waals surface area contributed by atoms with Crippen LogP contribution in [0.4, 0.5) is 0 Å². The van der Waals surface area contributed by atoms with Crippen LogP contribution in [0.25, 0.3) is 0 Å². The van der Waals surface area contributed by atoms with E-state index in [2.05, 4.69) is 18.3 Å². The molecule has 1 rings (SSSR count). The van der Waals surface area contributed by atoms with Crippen LogP contribution in [0.15, 0.2) is 24.3 Å². The molecule has 0 saturated carbocycles. The van der Waals surface area contributed by atoms with Gasteiger partial charge in [-0.3, -0.25) is 0 Å². The fourth-order valence-corrected chi connectivity index (χ4v) is 1.28. The molecule has 0 aromatic heterocycles. The van der Waals surface area contributed by atoms with Crippen molar-refractivity contribution in [2.45, 2.75) is 19.3 Å². The Morgan fingerprint density at radius 2 is 1.93 bits per heavy atom. The molecule has 0 aliphatic heterocycles. The summed E-state index contributed by atoms with van der Waals surface area (Å²) >= 11 is 10.0. The number of nitrogens with zero attached hydrogens (tertiary/aromatic N) is 1. The summed E-state index contributed by atoms with van der Waals surface area (Å²) in [5.41, 5.74) is 0.429. The predicted molar refractivity (Wildman–Crippen MR) is 64.2 cm³/mol. The molecule has 0 saturated heterocycles. The molecule has 0 radical (unpaired) electrons. The van der Waals surface area contributed by atoms with Crippen molar-refractivity contribution in [1.82, 2.24) is 0 Å². The third kappa shape index (κ3) is 3.19. The molecule has 1 aromatic carbocycles. The van der Waals surface area contributed by atoms with Crippen LogP contribution in [-0.2, 0) is 5.41 Å². The SMILES string of the molecule is CC(C)(C#N)c1ccc(OC(=S)Cl)cc1. The Bertz CT molecular complexity index is 406. The Hall–Kier alpha value is -1.11. The summed E-state index contributed by atoms with van der Waals surface area (Å²) in [6.07, 6.45) is 0. The Labute approximate surface area is 99.4 Å². The van der Waals surface area contributed by atoms with Gasteiger partial charge in [-0.2, -0.15) is 5.26 Å². The smallest absolute Gasteiger partial charge is 0.260 e. The second-order valence-electron chi connectivity index (χ2n) is 3.60. The summed E-state index contributed by atoms with van der Waals surface area (Å²) in [6.45, 7) is 3.71. The van der Waals surface area contributed by atoms with Crippen LogP contribution in [0, 0.1) is 11.3 Å². The van der Waals surface area contributed by atoms with Gasteiger partial charge in [0.05, 0.1) is 11.5 Å². The van der Waals surface area contributed by atoms with Gasteiger partial charge in [-0.05, 0) is 55.4 Å². The zero-order valence-electron chi connectivity index (χ0n) is 8.45. The molecule has 0 spiro atoms. The first kappa shape index (κ1) is 12.0. The van der Waals surface area contributed by atoms with Gasteiger partial charge >= 0.3 is 0 Å². The molecule has 15 heavy (non-hydrogen) atoms. The number of rotatable bonds is 2. The second kappa shape index (κ2) is 4.61. The summed E-state index contributed by atoms with van der Waals surface area (Å²) in [4.78, 5) is 0. The maximum Gasteiger partial charge on any atom is 0.260 e. The van der Waals surface area contributed by atoms with Gasteiger partial charge in [0, 0.05) is 0 Å². The van der Waals surface area contributed by atoms with Crippen LogP contribution in [0.3, 0.4) is 0 Å². The third-order valence-electron chi connectivity index (χ3n) is 2.05. The van der Waals surface area contributed by atoms with E-state index in [0.29, 0.717) is 5.75 Å². The summed E-state index contributed by atoms with van der Waals surface area (Å²) in [5.74, 6) is 0.576. The van der Waals surface area contributed by atoms with Gasteiger partial charge in [-0.25, -0.2) is 0 Å². The normalized spacial score (nSPS) is 10.5. The molecule has 4 heteroatoms. The summed E-state index contributed by atoms with van der Waals surface area (Å²) in [7, 11) is 0. The molecule has 0 unspecified atom stereocenters. The van der Waals surface area contributed by atoms with Gasteiger partial charge in [0.1, 0.15) is 5.75 Å². The van der Waals surface area contributed by atoms with Gasteiger partial charge in [0.25, 0.3) is 4.51 Å². The fraction of sp³-hybridized carbons (Fsp3) is 0.273. The lowest BCUT2D eigenvalue weighted by Crippen LogP contribution is -2.13.